The molecule has 1 heterocycles. The van der Waals surface area contributed by atoms with Gasteiger partial charge in [-0.25, -0.2) is 8.78 Å². The molecule has 0 atom stereocenters. The lowest BCUT2D eigenvalue weighted by Gasteiger charge is -2.05. The van der Waals surface area contributed by atoms with Crippen molar-refractivity contribution < 1.29 is 8.78 Å². The molecule has 122 valence electrons. The van der Waals surface area contributed by atoms with Gasteiger partial charge in [-0.3, -0.25) is 0 Å². The van der Waals surface area contributed by atoms with Gasteiger partial charge in [0.25, 0.3) is 0 Å². The van der Waals surface area contributed by atoms with Crippen molar-refractivity contribution in [2.24, 2.45) is 10.9 Å². The zero-order chi connectivity index (χ0) is 16.9. The maximum atomic E-state index is 13.9. The van der Waals surface area contributed by atoms with Crippen LogP contribution in [0.3, 0.4) is 0 Å². The normalized spacial score (nSPS) is 14.1. The van der Waals surface area contributed by atoms with Crippen molar-refractivity contribution in [3.63, 3.8) is 0 Å². The molecule has 0 N–H and O–H groups in total. The van der Waals surface area contributed by atoms with Gasteiger partial charge in [-0.1, -0.05) is 37.5 Å². The van der Waals surface area contributed by atoms with Crippen LogP contribution < -0.4 is 0 Å². The molecule has 3 rings (SSSR count). The number of benzene rings is 1. The van der Waals surface area contributed by atoms with Crippen LogP contribution in [0.4, 0.5) is 14.5 Å². The maximum absolute atomic E-state index is 13.9. The molecule has 1 fully saturated rings. The molecule has 1 nitrogen and oxygen atoms in total. The molecule has 24 heavy (non-hydrogen) atoms. The largest absolute Gasteiger partial charge is 0.206 e. The monoisotopic (exact) mass is 359 g/mol. The van der Waals surface area contributed by atoms with E-state index in [0.29, 0.717) is 0 Å². The molecule has 0 saturated heterocycles. The highest BCUT2D eigenvalue weighted by molar-refractivity contribution is 7.78. The predicted molar refractivity (Wildman–Crippen MR) is 97.0 cm³/mol. The van der Waals surface area contributed by atoms with E-state index >= 15 is 0 Å². The van der Waals surface area contributed by atoms with Crippen molar-refractivity contribution in [3.05, 3.63) is 51.2 Å². The fraction of sp³-hybridized carbons (Fsp3) is 0.316. The summed E-state index contributed by atoms with van der Waals surface area (Å²) in [6, 6.07) is 6.06. The fourth-order valence-corrected chi connectivity index (χ4v) is 4.02. The fourth-order valence-electron chi connectivity index (χ4n) is 2.95. The highest BCUT2D eigenvalue weighted by Gasteiger charge is 2.16. The first kappa shape index (κ1) is 17.0. The maximum Gasteiger partial charge on any atom is 0.151 e. The van der Waals surface area contributed by atoms with Gasteiger partial charge in [0.05, 0.1) is 15.6 Å². The van der Waals surface area contributed by atoms with Crippen LogP contribution in [0.5, 0.6) is 0 Å². The van der Waals surface area contributed by atoms with Gasteiger partial charge in [0.1, 0.15) is 11.5 Å². The minimum absolute atomic E-state index is 0.0153. The number of hydrogen-bond donors (Lipinski definition) is 0. The summed E-state index contributed by atoms with van der Waals surface area (Å²) in [6.07, 6.45) is 6.37. The van der Waals surface area contributed by atoms with Crippen molar-refractivity contribution in [1.29, 1.82) is 0 Å². The van der Waals surface area contributed by atoms with Crippen molar-refractivity contribution in [2.45, 2.75) is 32.1 Å². The number of thiocarbonyl (C=S) groups is 1. The van der Waals surface area contributed by atoms with E-state index in [1.165, 1.54) is 30.6 Å². The second-order valence-corrected chi connectivity index (χ2v) is 7.21. The second-order valence-electron chi connectivity index (χ2n) is 5.86. The molecule has 0 radical (unpaired) electrons. The van der Waals surface area contributed by atoms with E-state index in [2.05, 4.69) is 35.1 Å². The number of aliphatic imine (C=N–C) groups is 1. The molecule has 0 amide bonds. The average Bonchev–Trinajstić information content (AvgIpc) is 3.22. The van der Waals surface area contributed by atoms with Crippen LogP contribution in [0.15, 0.2) is 29.3 Å². The Morgan fingerprint density at radius 1 is 1.12 bits per heavy atom. The topological polar surface area (TPSA) is 12.4 Å². The smallest absolute Gasteiger partial charge is 0.151 e. The first-order valence-corrected chi connectivity index (χ1v) is 9.06. The number of nitrogens with zero attached hydrogens (tertiary/aromatic N) is 1. The Bertz CT molecular complexity index is 848. The second kappa shape index (κ2) is 7.81. The first-order chi connectivity index (χ1) is 11.7. The molecule has 1 aromatic carbocycles. The summed E-state index contributed by atoms with van der Waals surface area (Å²) in [7, 11) is 0. The minimum Gasteiger partial charge on any atom is -0.206 e. The molecule has 1 aliphatic rings. The van der Waals surface area contributed by atoms with Crippen LogP contribution in [-0.4, -0.2) is 5.16 Å². The van der Waals surface area contributed by atoms with Gasteiger partial charge in [-0.2, -0.15) is 4.99 Å². The zero-order valence-corrected chi connectivity index (χ0v) is 14.6. The summed E-state index contributed by atoms with van der Waals surface area (Å²) >= 11 is 6.03. The van der Waals surface area contributed by atoms with Gasteiger partial charge in [0.15, 0.2) is 5.82 Å². The summed E-state index contributed by atoms with van der Waals surface area (Å²) in [5, 5.41) is 2.03. The van der Waals surface area contributed by atoms with Gasteiger partial charge in [-0.15, -0.1) is 11.3 Å². The Hall–Kier alpha value is -1.86. The third-order valence-corrected chi connectivity index (χ3v) is 5.26. The Morgan fingerprint density at radius 3 is 2.67 bits per heavy atom. The van der Waals surface area contributed by atoms with Crippen LogP contribution in [-0.2, 0) is 6.42 Å². The SMILES string of the molecule is Fc1cc(N=C=S)c(F)cc1C#Cc1ccc(CC2CCCC2)s1. The molecule has 0 unspecified atom stereocenters. The minimum atomic E-state index is -0.661. The standard InChI is InChI=1S/C19H15F2NS2/c20-17-11-19(22-12-23)18(21)10-14(17)5-6-15-7-8-16(24-15)9-13-3-1-2-4-13/h7-8,10-11,13H,1-4,9H2. The summed E-state index contributed by atoms with van der Waals surface area (Å²) < 4.78 is 27.7. The van der Waals surface area contributed by atoms with E-state index in [1.807, 2.05) is 11.2 Å². The van der Waals surface area contributed by atoms with Crippen molar-refractivity contribution in [1.82, 2.24) is 0 Å². The molecule has 2 aromatic rings. The van der Waals surface area contributed by atoms with E-state index in [0.717, 1.165) is 29.3 Å². The van der Waals surface area contributed by atoms with E-state index in [1.54, 1.807) is 11.3 Å². The molecule has 1 aliphatic carbocycles. The van der Waals surface area contributed by atoms with Gasteiger partial charge in [-0.05, 0) is 42.8 Å². The van der Waals surface area contributed by atoms with Crippen molar-refractivity contribution in [2.75, 3.05) is 0 Å². The Labute approximate surface area is 149 Å². The van der Waals surface area contributed by atoms with Crippen LogP contribution in [0, 0.1) is 29.4 Å². The van der Waals surface area contributed by atoms with Crippen molar-refractivity contribution >= 4 is 34.4 Å². The summed E-state index contributed by atoms with van der Waals surface area (Å²) in [5.74, 6) is 5.13. The number of rotatable bonds is 3. The van der Waals surface area contributed by atoms with E-state index in [-0.39, 0.29) is 11.3 Å². The van der Waals surface area contributed by atoms with Gasteiger partial charge in [0, 0.05) is 10.9 Å². The predicted octanol–water partition coefficient (Wildman–Crippen LogP) is 5.89. The first-order valence-electron chi connectivity index (χ1n) is 7.83. The quantitative estimate of drug-likeness (QED) is 0.378. The Kier molecular flexibility index (Phi) is 5.52. The molecule has 0 aliphatic heterocycles. The van der Waals surface area contributed by atoms with E-state index in [4.69, 9.17) is 0 Å². The number of isothiocyanates is 1. The van der Waals surface area contributed by atoms with Crippen LogP contribution >= 0.6 is 23.6 Å². The van der Waals surface area contributed by atoms with Crippen LogP contribution in [0.2, 0.25) is 0 Å². The molecule has 1 saturated carbocycles. The molecule has 1 aromatic heterocycles. The molecule has 0 spiro atoms. The lowest BCUT2D eigenvalue weighted by Crippen LogP contribution is -1.95. The lowest BCUT2D eigenvalue weighted by molar-refractivity contribution is 0.551. The third kappa shape index (κ3) is 4.15. The highest BCUT2D eigenvalue weighted by Crippen LogP contribution is 2.30. The van der Waals surface area contributed by atoms with Gasteiger partial charge < -0.3 is 0 Å². The van der Waals surface area contributed by atoms with Crippen LogP contribution in [0.1, 0.15) is 41.0 Å². The molecular formula is C19H15F2NS2. The average molecular weight is 359 g/mol. The van der Waals surface area contributed by atoms with Crippen LogP contribution in [0.25, 0.3) is 0 Å². The third-order valence-electron chi connectivity index (χ3n) is 4.15. The van der Waals surface area contributed by atoms with Gasteiger partial charge >= 0.3 is 0 Å². The summed E-state index contributed by atoms with van der Waals surface area (Å²) in [4.78, 5) is 5.66. The molecule has 0 bridgehead atoms. The van der Waals surface area contributed by atoms with Crippen molar-refractivity contribution in [3.8, 4) is 11.8 Å². The zero-order valence-electron chi connectivity index (χ0n) is 12.9. The molecular weight excluding hydrogens is 344 g/mol. The van der Waals surface area contributed by atoms with E-state index in [9.17, 15) is 8.78 Å². The highest BCUT2D eigenvalue weighted by atomic mass is 32.1. The van der Waals surface area contributed by atoms with Gasteiger partial charge in [0.2, 0.25) is 0 Å². The summed E-state index contributed by atoms with van der Waals surface area (Å²) in [6.45, 7) is 0. The lowest BCUT2D eigenvalue weighted by atomic mass is 10.0. The van der Waals surface area contributed by atoms with E-state index < -0.39 is 11.6 Å². The molecule has 5 heteroatoms. The number of halogens is 2. The number of thiophene rings is 1. The Balaban J connectivity index is 1.76. The number of hydrogen-bond acceptors (Lipinski definition) is 3. The summed E-state index contributed by atoms with van der Waals surface area (Å²) in [5.41, 5.74) is -0.149. The Morgan fingerprint density at radius 2 is 1.92 bits per heavy atom.